The number of nitrogens with one attached hydrogen (secondary N) is 2. The molecular weight excluding hydrogens is 291 g/mol. The molecule has 4 N–H and O–H groups in total. The van der Waals surface area contributed by atoms with Gasteiger partial charge in [0.1, 0.15) is 5.82 Å². The first-order valence-corrected chi connectivity index (χ1v) is 5.69. The van der Waals surface area contributed by atoms with Crippen LogP contribution in [0.4, 0.5) is 10.1 Å². The van der Waals surface area contributed by atoms with Crippen LogP contribution in [0.15, 0.2) is 27.7 Å². The van der Waals surface area contributed by atoms with Crippen molar-refractivity contribution in [1.29, 1.82) is 0 Å². The van der Waals surface area contributed by atoms with Crippen molar-refractivity contribution in [3.05, 3.63) is 28.5 Å². The third kappa shape index (κ3) is 4.29. The Bertz CT molecular complexity index is 380. The minimum absolute atomic E-state index is 0.271. The quantitative estimate of drug-likeness (QED) is 0.259. The van der Waals surface area contributed by atoms with Gasteiger partial charge in [-0.15, -0.1) is 0 Å². The third-order valence-corrected chi connectivity index (χ3v) is 2.57. The van der Waals surface area contributed by atoms with Gasteiger partial charge in [0.25, 0.3) is 0 Å². The largest absolute Gasteiger partial charge is 0.383 e. The summed E-state index contributed by atoms with van der Waals surface area (Å²) in [5.41, 5.74) is 2.64. The molecule has 0 atom stereocenters. The number of methoxy groups -OCH3 is 1. The number of aliphatic imine (C=N–C) groups is 1. The SMILES string of the molecule is COCCN=C(NN)Nc1c(F)cccc1Br. The number of guanidine groups is 1. The van der Waals surface area contributed by atoms with E-state index >= 15 is 0 Å². The standard InChI is InChI=1S/C10H14BrFN4O/c1-17-6-5-14-10(16-13)15-9-7(11)3-2-4-8(9)12/h2-4H,5-6,13H2,1H3,(H2,14,15,16). The van der Waals surface area contributed by atoms with E-state index < -0.39 is 5.82 Å². The van der Waals surface area contributed by atoms with Gasteiger partial charge in [-0.2, -0.15) is 0 Å². The van der Waals surface area contributed by atoms with Gasteiger partial charge in [-0.1, -0.05) is 6.07 Å². The maximum atomic E-state index is 13.5. The van der Waals surface area contributed by atoms with Crippen molar-refractivity contribution in [3.8, 4) is 0 Å². The first-order valence-electron chi connectivity index (χ1n) is 4.90. The molecule has 0 heterocycles. The van der Waals surface area contributed by atoms with Crippen molar-refractivity contribution in [2.24, 2.45) is 10.8 Å². The molecule has 0 saturated carbocycles. The molecule has 0 aliphatic heterocycles. The summed E-state index contributed by atoms with van der Waals surface area (Å²) in [4.78, 5) is 4.07. The van der Waals surface area contributed by atoms with Crippen LogP contribution in [0.3, 0.4) is 0 Å². The van der Waals surface area contributed by atoms with E-state index in [1.54, 1.807) is 19.2 Å². The Balaban J connectivity index is 2.77. The molecule has 94 valence electrons. The third-order valence-electron chi connectivity index (χ3n) is 1.91. The zero-order chi connectivity index (χ0) is 12.7. The van der Waals surface area contributed by atoms with Gasteiger partial charge in [0.2, 0.25) is 5.96 Å². The average Bonchev–Trinajstić information content (AvgIpc) is 2.32. The maximum absolute atomic E-state index is 13.5. The highest BCUT2D eigenvalue weighted by Crippen LogP contribution is 2.24. The number of hydrazine groups is 1. The predicted molar refractivity (Wildman–Crippen MR) is 69.2 cm³/mol. The van der Waals surface area contributed by atoms with Crippen LogP contribution in [-0.4, -0.2) is 26.2 Å². The number of hydrogen-bond donors (Lipinski definition) is 3. The summed E-state index contributed by atoms with van der Waals surface area (Å²) in [5, 5.41) is 2.76. The molecule has 0 spiro atoms. The van der Waals surface area contributed by atoms with Crippen LogP contribution < -0.4 is 16.6 Å². The smallest absolute Gasteiger partial charge is 0.210 e. The molecule has 0 amide bonds. The van der Waals surface area contributed by atoms with Crippen LogP contribution in [0, 0.1) is 5.82 Å². The Labute approximate surface area is 107 Å². The van der Waals surface area contributed by atoms with Gasteiger partial charge >= 0.3 is 0 Å². The Kier molecular flexibility index (Phi) is 5.88. The molecule has 17 heavy (non-hydrogen) atoms. The summed E-state index contributed by atoms with van der Waals surface area (Å²) in [5.74, 6) is 5.16. The first kappa shape index (κ1) is 13.9. The Hall–Kier alpha value is -1.18. The van der Waals surface area contributed by atoms with E-state index in [0.717, 1.165) is 0 Å². The monoisotopic (exact) mass is 304 g/mol. The topological polar surface area (TPSA) is 71.7 Å². The van der Waals surface area contributed by atoms with Gasteiger partial charge in [0.05, 0.1) is 18.8 Å². The zero-order valence-corrected chi connectivity index (χ0v) is 10.9. The lowest BCUT2D eigenvalue weighted by molar-refractivity contribution is 0.208. The van der Waals surface area contributed by atoms with Crippen LogP contribution in [0.5, 0.6) is 0 Å². The minimum Gasteiger partial charge on any atom is -0.383 e. The highest BCUT2D eigenvalue weighted by molar-refractivity contribution is 9.10. The van der Waals surface area contributed by atoms with Crippen LogP contribution in [0.25, 0.3) is 0 Å². The second kappa shape index (κ2) is 7.21. The molecule has 5 nitrogen and oxygen atoms in total. The Morgan fingerprint density at radius 1 is 1.59 bits per heavy atom. The molecule has 1 aromatic rings. The number of ether oxygens (including phenoxy) is 1. The van der Waals surface area contributed by atoms with Gasteiger partial charge in [-0.05, 0) is 28.1 Å². The predicted octanol–water partition coefficient (Wildman–Crippen LogP) is 1.47. The second-order valence-electron chi connectivity index (χ2n) is 3.09. The van der Waals surface area contributed by atoms with Crippen LogP contribution in [0.2, 0.25) is 0 Å². The highest BCUT2D eigenvalue weighted by atomic mass is 79.9. The van der Waals surface area contributed by atoms with E-state index in [2.05, 4.69) is 31.7 Å². The molecule has 0 fully saturated rings. The number of benzene rings is 1. The number of halogens is 2. The number of nitrogens with zero attached hydrogens (tertiary/aromatic N) is 1. The van der Waals surface area contributed by atoms with Crippen molar-refractivity contribution in [2.45, 2.75) is 0 Å². The lowest BCUT2D eigenvalue weighted by Gasteiger charge is -2.11. The molecular formula is C10H14BrFN4O. The summed E-state index contributed by atoms with van der Waals surface area (Å²) in [6.07, 6.45) is 0. The number of para-hydroxylation sites is 1. The lowest BCUT2D eigenvalue weighted by Crippen LogP contribution is -2.37. The molecule has 0 aliphatic carbocycles. The summed E-state index contributed by atoms with van der Waals surface area (Å²) < 4.78 is 18.9. The second-order valence-corrected chi connectivity index (χ2v) is 3.94. The lowest BCUT2D eigenvalue weighted by atomic mass is 10.3. The summed E-state index contributed by atoms with van der Waals surface area (Å²) in [7, 11) is 1.58. The van der Waals surface area contributed by atoms with E-state index in [0.29, 0.717) is 17.6 Å². The normalized spacial score (nSPS) is 11.4. The first-order chi connectivity index (χ1) is 8.19. The molecule has 0 unspecified atom stereocenters. The van der Waals surface area contributed by atoms with E-state index in [1.807, 2.05) is 0 Å². The van der Waals surface area contributed by atoms with E-state index in [1.165, 1.54) is 6.07 Å². The Morgan fingerprint density at radius 2 is 2.35 bits per heavy atom. The van der Waals surface area contributed by atoms with Crippen molar-refractivity contribution >= 4 is 27.6 Å². The van der Waals surface area contributed by atoms with Crippen molar-refractivity contribution in [1.82, 2.24) is 5.43 Å². The number of nitrogens with two attached hydrogens (primary N) is 1. The van der Waals surface area contributed by atoms with Crippen molar-refractivity contribution < 1.29 is 9.13 Å². The molecule has 0 aliphatic rings. The van der Waals surface area contributed by atoms with Gasteiger partial charge < -0.3 is 10.1 Å². The van der Waals surface area contributed by atoms with Gasteiger partial charge in [0.15, 0.2) is 0 Å². The zero-order valence-electron chi connectivity index (χ0n) is 9.34. The molecule has 0 aromatic heterocycles. The molecule has 7 heteroatoms. The fraction of sp³-hybridized carbons (Fsp3) is 0.300. The average molecular weight is 305 g/mol. The summed E-state index contributed by atoms with van der Waals surface area (Å²) >= 11 is 3.24. The molecule has 1 aromatic carbocycles. The van der Waals surface area contributed by atoms with Crippen LogP contribution >= 0.6 is 15.9 Å². The molecule has 0 saturated heterocycles. The van der Waals surface area contributed by atoms with Crippen LogP contribution in [-0.2, 0) is 4.74 Å². The highest BCUT2D eigenvalue weighted by Gasteiger charge is 2.07. The van der Waals surface area contributed by atoms with Gasteiger partial charge in [-0.25, -0.2) is 15.2 Å². The summed E-state index contributed by atoms with van der Waals surface area (Å²) in [6.45, 7) is 0.889. The number of anilines is 1. The number of hydrogen-bond acceptors (Lipinski definition) is 3. The fourth-order valence-electron chi connectivity index (χ4n) is 1.11. The van der Waals surface area contributed by atoms with Crippen molar-refractivity contribution in [3.63, 3.8) is 0 Å². The van der Waals surface area contributed by atoms with Gasteiger partial charge in [-0.3, -0.25) is 5.43 Å². The van der Waals surface area contributed by atoms with Crippen LogP contribution in [0.1, 0.15) is 0 Å². The van der Waals surface area contributed by atoms with E-state index in [-0.39, 0.29) is 11.6 Å². The number of rotatable bonds is 4. The fourth-order valence-corrected chi connectivity index (χ4v) is 1.55. The van der Waals surface area contributed by atoms with Gasteiger partial charge in [0, 0.05) is 11.6 Å². The van der Waals surface area contributed by atoms with E-state index in [4.69, 9.17) is 10.6 Å². The van der Waals surface area contributed by atoms with Crippen molar-refractivity contribution in [2.75, 3.05) is 25.6 Å². The maximum Gasteiger partial charge on any atom is 0.210 e. The molecule has 1 rings (SSSR count). The minimum atomic E-state index is -0.394. The summed E-state index contributed by atoms with van der Waals surface area (Å²) in [6, 6.07) is 4.66. The van der Waals surface area contributed by atoms with E-state index in [9.17, 15) is 4.39 Å². The molecule has 0 bridgehead atoms. The molecule has 0 radical (unpaired) electrons. The Morgan fingerprint density at radius 3 is 2.94 bits per heavy atom.